The Kier molecular flexibility index (Phi) is 6.51. The predicted octanol–water partition coefficient (Wildman–Crippen LogP) is 3.30. The van der Waals surface area contributed by atoms with Crippen molar-refractivity contribution in [3.05, 3.63) is 58.6 Å². The van der Waals surface area contributed by atoms with E-state index in [2.05, 4.69) is 17.3 Å². The van der Waals surface area contributed by atoms with E-state index in [1.165, 1.54) is 17.4 Å². The molecule has 0 atom stereocenters. The summed E-state index contributed by atoms with van der Waals surface area (Å²) in [5.74, 6) is -0.236. The van der Waals surface area contributed by atoms with Crippen LogP contribution in [-0.4, -0.2) is 52.5 Å². The molecule has 1 saturated heterocycles. The molecule has 0 radical (unpaired) electrons. The number of carbonyl (C=O) groups is 1. The molecular formula is C21H26ClN3O3S. The number of rotatable bonds is 5. The SMILES string of the molecule is Cc1ccc(S(=O)(=O)N(C)c2ccc(C(=O)NC3CCN(C)CC3)c(Cl)c2)cc1. The minimum absolute atomic E-state index is 0.124. The molecule has 0 unspecified atom stereocenters. The van der Waals surface area contributed by atoms with Crippen LogP contribution in [0.4, 0.5) is 5.69 Å². The number of hydrogen-bond acceptors (Lipinski definition) is 4. The molecule has 8 heteroatoms. The summed E-state index contributed by atoms with van der Waals surface area (Å²) in [5, 5.41) is 3.25. The molecule has 0 aromatic heterocycles. The van der Waals surface area contributed by atoms with Crippen molar-refractivity contribution in [2.45, 2.75) is 30.7 Å². The van der Waals surface area contributed by atoms with Crippen molar-refractivity contribution in [2.75, 3.05) is 31.5 Å². The van der Waals surface area contributed by atoms with E-state index in [4.69, 9.17) is 11.6 Å². The van der Waals surface area contributed by atoms with Crippen molar-refractivity contribution >= 4 is 33.2 Å². The molecule has 1 N–H and O–H groups in total. The maximum absolute atomic E-state index is 12.9. The van der Waals surface area contributed by atoms with Crippen LogP contribution in [0.2, 0.25) is 5.02 Å². The second-order valence-corrected chi connectivity index (χ2v) is 9.88. The van der Waals surface area contributed by atoms with Gasteiger partial charge >= 0.3 is 0 Å². The average Bonchev–Trinajstić information content (AvgIpc) is 2.69. The Morgan fingerprint density at radius 2 is 1.76 bits per heavy atom. The van der Waals surface area contributed by atoms with Gasteiger partial charge in [-0.3, -0.25) is 9.10 Å². The Hall–Kier alpha value is -2.09. The summed E-state index contributed by atoms with van der Waals surface area (Å²) in [5.41, 5.74) is 1.72. The fourth-order valence-electron chi connectivity index (χ4n) is 3.31. The number of amides is 1. The lowest BCUT2D eigenvalue weighted by molar-refractivity contribution is 0.0917. The number of carbonyl (C=O) groups excluding carboxylic acids is 1. The number of piperidine rings is 1. The molecule has 0 aliphatic carbocycles. The number of benzene rings is 2. The maximum atomic E-state index is 12.9. The van der Waals surface area contributed by atoms with Crippen LogP contribution < -0.4 is 9.62 Å². The molecule has 0 spiro atoms. The molecule has 2 aromatic rings. The van der Waals surface area contributed by atoms with E-state index in [-0.39, 0.29) is 21.9 Å². The van der Waals surface area contributed by atoms with Gasteiger partial charge in [-0.05, 0) is 70.2 Å². The molecule has 29 heavy (non-hydrogen) atoms. The van der Waals surface area contributed by atoms with Gasteiger partial charge in [0, 0.05) is 13.1 Å². The van der Waals surface area contributed by atoms with Crippen molar-refractivity contribution in [2.24, 2.45) is 0 Å². The molecule has 156 valence electrons. The number of nitrogens with zero attached hydrogens (tertiary/aromatic N) is 2. The maximum Gasteiger partial charge on any atom is 0.264 e. The molecule has 1 aliphatic rings. The van der Waals surface area contributed by atoms with Crippen molar-refractivity contribution in [3.63, 3.8) is 0 Å². The van der Waals surface area contributed by atoms with E-state index in [0.717, 1.165) is 31.5 Å². The Balaban J connectivity index is 1.76. The molecule has 2 aromatic carbocycles. The first-order chi connectivity index (χ1) is 13.7. The molecule has 1 fully saturated rings. The number of likely N-dealkylation sites (tertiary alicyclic amines) is 1. The highest BCUT2D eigenvalue weighted by Crippen LogP contribution is 2.27. The zero-order valence-electron chi connectivity index (χ0n) is 16.9. The van der Waals surface area contributed by atoms with E-state index in [0.29, 0.717) is 11.3 Å². The van der Waals surface area contributed by atoms with Gasteiger partial charge in [-0.2, -0.15) is 0 Å². The number of anilines is 1. The highest BCUT2D eigenvalue weighted by Gasteiger charge is 2.24. The van der Waals surface area contributed by atoms with Gasteiger partial charge in [-0.15, -0.1) is 0 Å². The summed E-state index contributed by atoms with van der Waals surface area (Å²) in [6, 6.07) is 11.5. The van der Waals surface area contributed by atoms with Crippen LogP contribution in [0.3, 0.4) is 0 Å². The molecule has 3 rings (SSSR count). The van der Waals surface area contributed by atoms with Gasteiger partial charge < -0.3 is 10.2 Å². The molecular weight excluding hydrogens is 410 g/mol. The van der Waals surface area contributed by atoms with E-state index in [1.807, 2.05) is 6.92 Å². The lowest BCUT2D eigenvalue weighted by atomic mass is 10.0. The smallest absolute Gasteiger partial charge is 0.264 e. The lowest BCUT2D eigenvalue weighted by Crippen LogP contribution is -2.43. The fourth-order valence-corrected chi connectivity index (χ4v) is 4.76. The first-order valence-electron chi connectivity index (χ1n) is 9.53. The highest BCUT2D eigenvalue weighted by atomic mass is 35.5. The van der Waals surface area contributed by atoms with Gasteiger partial charge in [0.25, 0.3) is 15.9 Å². The fraction of sp³-hybridized carbons (Fsp3) is 0.381. The van der Waals surface area contributed by atoms with E-state index in [9.17, 15) is 13.2 Å². The summed E-state index contributed by atoms with van der Waals surface area (Å²) < 4.78 is 26.9. The Bertz CT molecular complexity index is 985. The van der Waals surface area contributed by atoms with Crippen molar-refractivity contribution in [3.8, 4) is 0 Å². The second kappa shape index (κ2) is 8.73. The van der Waals surface area contributed by atoms with E-state index in [1.54, 1.807) is 36.4 Å². The minimum Gasteiger partial charge on any atom is -0.349 e. The van der Waals surface area contributed by atoms with Crippen LogP contribution in [0.25, 0.3) is 0 Å². The van der Waals surface area contributed by atoms with Gasteiger partial charge in [-0.1, -0.05) is 29.3 Å². The van der Waals surface area contributed by atoms with Crippen LogP contribution in [-0.2, 0) is 10.0 Å². The summed E-state index contributed by atoms with van der Waals surface area (Å²) in [7, 11) is -0.181. The topological polar surface area (TPSA) is 69.7 Å². The van der Waals surface area contributed by atoms with E-state index >= 15 is 0 Å². The zero-order valence-corrected chi connectivity index (χ0v) is 18.4. The van der Waals surface area contributed by atoms with Gasteiger partial charge in [0.15, 0.2) is 0 Å². The lowest BCUT2D eigenvalue weighted by Gasteiger charge is -2.29. The van der Waals surface area contributed by atoms with Crippen molar-refractivity contribution in [1.82, 2.24) is 10.2 Å². The van der Waals surface area contributed by atoms with Gasteiger partial charge in [0.2, 0.25) is 0 Å². The predicted molar refractivity (Wildman–Crippen MR) is 116 cm³/mol. The number of hydrogen-bond donors (Lipinski definition) is 1. The third-order valence-corrected chi connectivity index (χ3v) is 7.41. The molecule has 1 amide bonds. The van der Waals surface area contributed by atoms with Crippen LogP contribution in [0.1, 0.15) is 28.8 Å². The number of nitrogens with one attached hydrogen (secondary N) is 1. The minimum atomic E-state index is -3.72. The largest absolute Gasteiger partial charge is 0.349 e. The van der Waals surface area contributed by atoms with Crippen LogP contribution >= 0.6 is 11.6 Å². The van der Waals surface area contributed by atoms with Gasteiger partial charge in [0.1, 0.15) is 0 Å². The summed E-state index contributed by atoms with van der Waals surface area (Å²) in [4.78, 5) is 15.0. The van der Waals surface area contributed by atoms with E-state index < -0.39 is 10.0 Å². The van der Waals surface area contributed by atoms with Gasteiger partial charge in [-0.25, -0.2) is 8.42 Å². The van der Waals surface area contributed by atoms with Crippen molar-refractivity contribution < 1.29 is 13.2 Å². The third-order valence-electron chi connectivity index (χ3n) is 5.29. The zero-order chi connectivity index (χ0) is 21.2. The quantitative estimate of drug-likeness (QED) is 0.782. The summed E-state index contributed by atoms with van der Waals surface area (Å²) >= 11 is 6.34. The first kappa shape index (κ1) is 21.6. The number of sulfonamides is 1. The molecule has 1 heterocycles. The number of aryl methyl sites for hydroxylation is 1. The Morgan fingerprint density at radius 3 is 2.34 bits per heavy atom. The first-order valence-corrected chi connectivity index (χ1v) is 11.3. The second-order valence-electron chi connectivity index (χ2n) is 7.50. The molecule has 0 saturated carbocycles. The van der Waals surface area contributed by atoms with Gasteiger partial charge in [0.05, 0.1) is 21.2 Å². The Labute approximate surface area is 177 Å². The van der Waals surface area contributed by atoms with Crippen LogP contribution in [0, 0.1) is 6.92 Å². The summed E-state index contributed by atoms with van der Waals surface area (Å²) in [6.45, 7) is 3.79. The summed E-state index contributed by atoms with van der Waals surface area (Å²) in [6.07, 6.45) is 1.80. The molecule has 0 bridgehead atoms. The monoisotopic (exact) mass is 435 g/mol. The third kappa shape index (κ3) is 4.91. The van der Waals surface area contributed by atoms with Crippen molar-refractivity contribution in [1.29, 1.82) is 0 Å². The Morgan fingerprint density at radius 1 is 1.14 bits per heavy atom. The molecule has 6 nitrogen and oxygen atoms in total. The average molecular weight is 436 g/mol. The molecule has 1 aliphatic heterocycles. The van der Waals surface area contributed by atoms with Crippen LogP contribution in [0.15, 0.2) is 47.4 Å². The van der Waals surface area contributed by atoms with Crippen LogP contribution in [0.5, 0.6) is 0 Å². The normalized spacial score (nSPS) is 15.9. The standard InChI is InChI=1S/C21H26ClN3O3S/c1-15-4-7-18(8-5-15)29(27,28)25(3)17-6-9-19(20(22)14-17)21(26)23-16-10-12-24(2)13-11-16/h4-9,14,16H,10-13H2,1-3H3,(H,23,26). The number of halogens is 1. The highest BCUT2D eigenvalue weighted by molar-refractivity contribution is 7.92.